The molecule has 0 aliphatic heterocycles. The van der Waals surface area contributed by atoms with Gasteiger partial charge in [-0.15, -0.1) is 11.3 Å². The number of aromatic carboxylic acids is 1. The normalized spacial score (nSPS) is 10.3. The first-order valence-corrected chi connectivity index (χ1v) is 7.13. The number of carbonyl (C=O) groups is 2. The van der Waals surface area contributed by atoms with Crippen LogP contribution in [0.2, 0.25) is 5.02 Å². The van der Waals surface area contributed by atoms with E-state index >= 15 is 0 Å². The SMILES string of the molecule is CCc1cc(C(=O)O)c(NC(=O)c2ccc(Cl)cc2)s1. The molecule has 6 heteroatoms. The highest BCUT2D eigenvalue weighted by molar-refractivity contribution is 7.16. The lowest BCUT2D eigenvalue weighted by molar-refractivity contribution is 0.0698. The summed E-state index contributed by atoms with van der Waals surface area (Å²) in [5, 5.41) is 12.7. The zero-order chi connectivity index (χ0) is 14.7. The van der Waals surface area contributed by atoms with Crippen LogP contribution in [0, 0.1) is 0 Å². The Labute approximate surface area is 125 Å². The van der Waals surface area contributed by atoms with Gasteiger partial charge in [-0.25, -0.2) is 4.79 Å². The Kier molecular flexibility index (Phi) is 4.42. The van der Waals surface area contributed by atoms with E-state index in [-0.39, 0.29) is 11.5 Å². The van der Waals surface area contributed by atoms with Crippen LogP contribution in [0.3, 0.4) is 0 Å². The fourth-order valence-electron chi connectivity index (χ4n) is 1.64. The van der Waals surface area contributed by atoms with Gasteiger partial charge in [0.1, 0.15) is 5.00 Å². The van der Waals surface area contributed by atoms with Crippen molar-refractivity contribution in [1.82, 2.24) is 0 Å². The second kappa shape index (κ2) is 6.07. The van der Waals surface area contributed by atoms with E-state index in [1.54, 1.807) is 30.3 Å². The minimum absolute atomic E-state index is 0.120. The van der Waals surface area contributed by atoms with Crippen LogP contribution < -0.4 is 5.32 Å². The van der Waals surface area contributed by atoms with Crippen LogP contribution in [-0.4, -0.2) is 17.0 Å². The van der Waals surface area contributed by atoms with Crippen molar-refractivity contribution in [2.75, 3.05) is 5.32 Å². The quantitative estimate of drug-likeness (QED) is 0.899. The fourth-order valence-corrected chi connectivity index (χ4v) is 2.75. The van der Waals surface area contributed by atoms with Gasteiger partial charge in [-0.1, -0.05) is 18.5 Å². The molecule has 0 atom stereocenters. The van der Waals surface area contributed by atoms with Crippen LogP contribution in [0.4, 0.5) is 5.00 Å². The molecule has 1 heterocycles. The molecule has 2 N–H and O–H groups in total. The van der Waals surface area contributed by atoms with E-state index in [1.165, 1.54) is 11.3 Å². The molecule has 1 aromatic carbocycles. The number of hydrogen-bond acceptors (Lipinski definition) is 3. The molecule has 0 spiro atoms. The van der Waals surface area contributed by atoms with Gasteiger partial charge in [0.15, 0.2) is 0 Å². The highest BCUT2D eigenvalue weighted by atomic mass is 35.5. The number of thiophene rings is 1. The number of carboxylic acid groups (broad SMARTS) is 1. The third-order valence-corrected chi connectivity index (χ3v) is 4.14. The van der Waals surface area contributed by atoms with E-state index in [2.05, 4.69) is 5.32 Å². The van der Waals surface area contributed by atoms with Gasteiger partial charge in [-0.2, -0.15) is 0 Å². The molecule has 0 bridgehead atoms. The van der Waals surface area contributed by atoms with Crippen molar-refractivity contribution in [2.45, 2.75) is 13.3 Å². The second-order valence-corrected chi connectivity index (χ2v) is 5.65. The van der Waals surface area contributed by atoms with E-state index in [4.69, 9.17) is 16.7 Å². The molecule has 0 unspecified atom stereocenters. The van der Waals surface area contributed by atoms with Crippen LogP contribution in [0.1, 0.15) is 32.5 Å². The summed E-state index contributed by atoms with van der Waals surface area (Å²) in [5.74, 6) is -1.40. The lowest BCUT2D eigenvalue weighted by atomic mass is 10.2. The average Bonchev–Trinajstić information content (AvgIpc) is 2.82. The van der Waals surface area contributed by atoms with Gasteiger partial charge in [-0.3, -0.25) is 4.79 Å². The summed E-state index contributed by atoms with van der Waals surface area (Å²) in [5.41, 5.74) is 0.548. The van der Waals surface area contributed by atoms with Crippen LogP contribution in [0.15, 0.2) is 30.3 Å². The monoisotopic (exact) mass is 309 g/mol. The third-order valence-electron chi connectivity index (χ3n) is 2.70. The summed E-state index contributed by atoms with van der Waals surface area (Å²) in [7, 11) is 0. The summed E-state index contributed by atoms with van der Waals surface area (Å²) >= 11 is 7.03. The number of amides is 1. The Morgan fingerprint density at radius 1 is 1.30 bits per heavy atom. The molecule has 0 radical (unpaired) electrons. The van der Waals surface area contributed by atoms with Crippen molar-refractivity contribution >= 4 is 39.8 Å². The first-order valence-electron chi connectivity index (χ1n) is 5.94. The number of halogens is 1. The maximum Gasteiger partial charge on any atom is 0.338 e. The molecule has 104 valence electrons. The number of aryl methyl sites for hydroxylation is 1. The van der Waals surface area contributed by atoms with Crippen molar-refractivity contribution in [3.63, 3.8) is 0 Å². The van der Waals surface area contributed by atoms with Crippen LogP contribution >= 0.6 is 22.9 Å². The number of carboxylic acids is 1. The van der Waals surface area contributed by atoms with Crippen LogP contribution in [-0.2, 0) is 6.42 Å². The summed E-state index contributed by atoms with van der Waals surface area (Å²) in [6, 6.07) is 7.99. The number of anilines is 1. The van der Waals surface area contributed by atoms with Gasteiger partial charge >= 0.3 is 5.97 Å². The topological polar surface area (TPSA) is 66.4 Å². The minimum atomic E-state index is -1.05. The largest absolute Gasteiger partial charge is 0.478 e. The molecule has 2 aromatic rings. The standard InChI is InChI=1S/C14H12ClNO3S/c1-2-10-7-11(14(18)19)13(20-10)16-12(17)8-3-5-9(15)6-4-8/h3-7H,2H2,1H3,(H,16,17)(H,18,19). The van der Waals surface area contributed by atoms with Gasteiger partial charge in [0.2, 0.25) is 0 Å². The molecule has 0 saturated carbocycles. The van der Waals surface area contributed by atoms with Crippen molar-refractivity contribution < 1.29 is 14.7 Å². The van der Waals surface area contributed by atoms with Gasteiger partial charge in [0.25, 0.3) is 5.91 Å². The first-order chi connectivity index (χ1) is 9.51. The predicted molar refractivity (Wildman–Crippen MR) is 80.1 cm³/mol. The van der Waals surface area contributed by atoms with Crippen molar-refractivity contribution in [3.05, 3.63) is 51.4 Å². The number of nitrogens with one attached hydrogen (secondary N) is 1. The number of benzene rings is 1. The van der Waals surface area contributed by atoms with E-state index in [0.29, 0.717) is 15.6 Å². The molecule has 20 heavy (non-hydrogen) atoms. The number of rotatable bonds is 4. The van der Waals surface area contributed by atoms with E-state index < -0.39 is 5.97 Å². The second-order valence-electron chi connectivity index (χ2n) is 4.08. The summed E-state index contributed by atoms with van der Waals surface area (Å²) in [6.07, 6.45) is 0.724. The number of hydrogen-bond donors (Lipinski definition) is 2. The van der Waals surface area contributed by atoms with Gasteiger partial charge < -0.3 is 10.4 Å². The summed E-state index contributed by atoms with van der Waals surface area (Å²) < 4.78 is 0. The zero-order valence-corrected chi connectivity index (χ0v) is 12.2. The lowest BCUT2D eigenvalue weighted by Crippen LogP contribution is -2.12. The zero-order valence-electron chi connectivity index (χ0n) is 10.6. The predicted octanol–water partition coefficient (Wildman–Crippen LogP) is 3.91. The molecule has 2 rings (SSSR count). The fraction of sp³-hybridized carbons (Fsp3) is 0.143. The van der Waals surface area contributed by atoms with E-state index in [9.17, 15) is 9.59 Å². The lowest BCUT2D eigenvalue weighted by Gasteiger charge is -2.04. The first kappa shape index (κ1) is 14.6. The molecular formula is C14H12ClNO3S. The Morgan fingerprint density at radius 2 is 1.95 bits per heavy atom. The van der Waals surface area contributed by atoms with E-state index in [1.807, 2.05) is 6.92 Å². The van der Waals surface area contributed by atoms with Crippen molar-refractivity contribution in [2.24, 2.45) is 0 Å². The highest BCUT2D eigenvalue weighted by Crippen LogP contribution is 2.29. The average molecular weight is 310 g/mol. The smallest absolute Gasteiger partial charge is 0.338 e. The Bertz CT molecular complexity index is 649. The van der Waals surface area contributed by atoms with Crippen molar-refractivity contribution in [1.29, 1.82) is 0 Å². The molecular weight excluding hydrogens is 298 g/mol. The molecule has 0 saturated heterocycles. The van der Waals surface area contributed by atoms with Crippen LogP contribution in [0.25, 0.3) is 0 Å². The Morgan fingerprint density at radius 3 is 2.50 bits per heavy atom. The maximum absolute atomic E-state index is 12.1. The van der Waals surface area contributed by atoms with E-state index in [0.717, 1.165) is 11.3 Å². The Balaban J connectivity index is 2.25. The molecule has 1 aromatic heterocycles. The summed E-state index contributed by atoms with van der Waals surface area (Å²) in [6.45, 7) is 1.93. The molecule has 0 fully saturated rings. The molecule has 0 aliphatic rings. The number of carbonyl (C=O) groups excluding carboxylic acids is 1. The highest BCUT2D eigenvalue weighted by Gasteiger charge is 2.17. The van der Waals surface area contributed by atoms with Crippen molar-refractivity contribution in [3.8, 4) is 0 Å². The van der Waals surface area contributed by atoms with Gasteiger partial charge in [0, 0.05) is 15.5 Å². The maximum atomic E-state index is 12.1. The molecule has 0 aliphatic carbocycles. The van der Waals surface area contributed by atoms with Gasteiger partial charge in [0.05, 0.1) is 5.56 Å². The summed E-state index contributed by atoms with van der Waals surface area (Å²) in [4.78, 5) is 24.1. The van der Waals surface area contributed by atoms with Gasteiger partial charge in [-0.05, 0) is 36.8 Å². The van der Waals surface area contributed by atoms with Crippen LogP contribution in [0.5, 0.6) is 0 Å². The molecule has 1 amide bonds. The minimum Gasteiger partial charge on any atom is -0.478 e. The molecule has 4 nitrogen and oxygen atoms in total. The Hall–Kier alpha value is -1.85. The third kappa shape index (κ3) is 3.18.